The standard InChI is InChI=1S/C11H19F2NO2/c1-11(12,13)5-2-3-8-4-6-14-9(7-8)10(15)16/h8-9,14H,2-7H2,1H3,(H,15,16). The molecule has 0 saturated carbocycles. The van der Waals surface area contributed by atoms with Crippen molar-refractivity contribution in [2.45, 2.75) is 51.0 Å². The molecule has 0 aromatic heterocycles. The Kier molecular flexibility index (Phi) is 4.65. The van der Waals surface area contributed by atoms with E-state index in [1.807, 2.05) is 0 Å². The maximum absolute atomic E-state index is 12.6. The topological polar surface area (TPSA) is 49.3 Å². The lowest BCUT2D eigenvalue weighted by Crippen LogP contribution is -2.43. The largest absolute Gasteiger partial charge is 0.480 e. The van der Waals surface area contributed by atoms with E-state index in [1.165, 1.54) is 0 Å². The molecule has 0 aromatic rings. The molecule has 0 amide bonds. The van der Waals surface area contributed by atoms with Gasteiger partial charge in [-0.25, -0.2) is 8.78 Å². The van der Waals surface area contributed by atoms with Crippen molar-refractivity contribution in [3.05, 3.63) is 0 Å². The monoisotopic (exact) mass is 235 g/mol. The van der Waals surface area contributed by atoms with Crippen LogP contribution in [0.15, 0.2) is 0 Å². The molecule has 1 fully saturated rings. The lowest BCUT2D eigenvalue weighted by Gasteiger charge is -2.28. The molecule has 5 heteroatoms. The van der Waals surface area contributed by atoms with Gasteiger partial charge in [-0.05, 0) is 38.6 Å². The Morgan fingerprint density at radius 1 is 1.56 bits per heavy atom. The van der Waals surface area contributed by atoms with Gasteiger partial charge in [0.1, 0.15) is 6.04 Å². The summed E-state index contributed by atoms with van der Waals surface area (Å²) in [7, 11) is 0. The number of carboxylic acids is 1. The van der Waals surface area contributed by atoms with Crippen molar-refractivity contribution in [2.24, 2.45) is 5.92 Å². The number of hydrogen-bond donors (Lipinski definition) is 2. The van der Waals surface area contributed by atoms with Crippen LogP contribution in [-0.4, -0.2) is 29.6 Å². The number of carbonyl (C=O) groups is 1. The van der Waals surface area contributed by atoms with Crippen molar-refractivity contribution >= 4 is 5.97 Å². The van der Waals surface area contributed by atoms with E-state index in [4.69, 9.17) is 5.11 Å². The second-order valence-electron chi connectivity index (χ2n) is 4.70. The van der Waals surface area contributed by atoms with Gasteiger partial charge in [0.2, 0.25) is 5.92 Å². The van der Waals surface area contributed by atoms with Crippen molar-refractivity contribution in [3.8, 4) is 0 Å². The van der Waals surface area contributed by atoms with Gasteiger partial charge in [0.25, 0.3) is 0 Å². The van der Waals surface area contributed by atoms with Crippen LogP contribution in [-0.2, 0) is 4.79 Å². The number of piperidine rings is 1. The minimum atomic E-state index is -2.60. The Balaban J connectivity index is 2.24. The highest BCUT2D eigenvalue weighted by Gasteiger charge is 2.27. The summed E-state index contributed by atoms with van der Waals surface area (Å²) < 4.78 is 25.1. The first-order valence-electron chi connectivity index (χ1n) is 5.72. The van der Waals surface area contributed by atoms with Crippen molar-refractivity contribution in [3.63, 3.8) is 0 Å². The summed E-state index contributed by atoms with van der Waals surface area (Å²) in [5.74, 6) is -3.17. The predicted molar refractivity (Wildman–Crippen MR) is 56.6 cm³/mol. The maximum atomic E-state index is 12.6. The average Bonchev–Trinajstić information content (AvgIpc) is 2.16. The zero-order valence-electron chi connectivity index (χ0n) is 9.51. The molecule has 2 atom stereocenters. The number of carboxylic acid groups (broad SMARTS) is 1. The van der Waals surface area contributed by atoms with Gasteiger partial charge in [0.05, 0.1) is 0 Å². The fourth-order valence-corrected chi connectivity index (χ4v) is 2.15. The molecule has 2 unspecified atom stereocenters. The third-order valence-electron chi connectivity index (χ3n) is 3.04. The first kappa shape index (κ1) is 13.4. The van der Waals surface area contributed by atoms with Crippen LogP contribution in [0.5, 0.6) is 0 Å². The zero-order chi connectivity index (χ0) is 12.2. The van der Waals surface area contributed by atoms with Crippen molar-refractivity contribution < 1.29 is 18.7 Å². The SMILES string of the molecule is CC(F)(F)CCCC1CCNC(C(=O)O)C1. The molecule has 1 saturated heterocycles. The Labute approximate surface area is 94.2 Å². The highest BCUT2D eigenvalue weighted by atomic mass is 19.3. The van der Waals surface area contributed by atoms with Crippen molar-refractivity contribution in [2.75, 3.05) is 6.54 Å². The van der Waals surface area contributed by atoms with Gasteiger partial charge in [-0.2, -0.15) is 0 Å². The number of aliphatic carboxylic acids is 1. The van der Waals surface area contributed by atoms with Crippen LogP contribution in [0.2, 0.25) is 0 Å². The predicted octanol–water partition coefficient (Wildman–Crippen LogP) is 2.26. The lowest BCUT2D eigenvalue weighted by atomic mass is 9.88. The van der Waals surface area contributed by atoms with Crippen molar-refractivity contribution in [1.29, 1.82) is 0 Å². The second-order valence-corrected chi connectivity index (χ2v) is 4.70. The summed E-state index contributed by atoms with van der Waals surface area (Å²) >= 11 is 0. The quantitative estimate of drug-likeness (QED) is 0.768. The van der Waals surface area contributed by atoms with E-state index < -0.39 is 17.9 Å². The molecule has 16 heavy (non-hydrogen) atoms. The number of hydrogen-bond acceptors (Lipinski definition) is 2. The van der Waals surface area contributed by atoms with Crippen molar-refractivity contribution in [1.82, 2.24) is 5.32 Å². The van der Waals surface area contributed by atoms with Crippen LogP contribution in [0, 0.1) is 5.92 Å². The maximum Gasteiger partial charge on any atom is 0.320 e. The molecule has 94 valence electrons. The fourth-order valence-electron chi connectivity index (χ4n) is 2.15. The highest BCUT2D eigenvalue weighted by molar-refractivity contribution is 5.73. The molecule has 0 aliphatic carbocycles. The zero-order valence-corrected chi connectivity index (χ0v) is 9.51. The Morgan fingerprint density at radius 2 is 2.25 bits per heavy atom. The first-order chi connectivity index (χ1) is 7.38. The molecule has 0 radical (unpaired) electrons. The van der Waals surface area contributed by atoms with E-state index in [0.29, 0.717) is 25.8 Å². The molecule has 1 heterocycles. The molecular weight excluding hydrogens is 216 g/mol. The Hall–Kier alpha value is -0.710. The van der Waals surface area contributed by atoms with Gasteiger partial charge in [-0.3, -0.25) is 4.79 Å². The average molecular weight is 235 g/mol. The first-order valence-corrected chi connectivity index (χ1v) is 5.72. The summed E-state index contributed by atoms with van der Waals surface area (Å²) in [6.45, 7) is 1.60. The Morgan fingerprint density at radius 3 is 2.81 bits per heavy atom. The van der Waals surface area contributed by atoms with Crippen LogP contribution >= 0.6 is 0 Å². The van der Waals surface area contributed by atoms with E-state index in [0.717, 1.165) is 13.3 Å². The minimum Gasteiger partial charge on any atom is -0.480 e. The molecule has 0 bridgehead atoms. The van der Waals surface area contributed by atoms with E-state index in [-0.39, 0.29) is 12.3 Å². The highest BCUT2D eigenvalue weighted by Crippen LogP contribution is 2.26. The number of halogens is 2. The molecule has 1 aliphatic rings. The smallest absolute Gasteiger partial charge is 0.320 e. The van der Waals surface area contributed by atoms with Crippen LogP contribution in [0.1, 0.15) is 39.0 Å². The summed E-state index contributed by atoms with van der Waals surface area (Å²) in [6.07, 6.45) is 2.52. The van der Waals surface area contributed by atoms with E-state index in [1.54, 1.807) is 0 Å². The molecule has 0 aromatic carbocycles. The van der Waals surface area contributed by atoms with Crippen LogP contribution in [0.3, 0.4) is 0 Å². The minimum absolute atomic E-state index is 0.103. The summed E-state index contributed by atoms with van der Waals surface area (Å²) in [4.78, 5) is 10.8. The lowest BCUT2D eigenvalue weighted by molar-refractivity contribution is -0.140. The molecule has 1 rings (SSSR count). The number of rotatable bonds is 5. The van der Waals surface area contributed by atoms with E-state index >= 15 is 0 Å². The fraction of sp³-hybridized carbons (Fsp3) is 0.909. The van der Waals surface area contributed by atoms with Gasteiger partial charge in [-0.1, -0.05) is 6.42 Å². The summed E-state index contributed by atoms with van der Waals surface area (Å²) in [5, 5.41) is 11.7. The Bertz CT molecular complexity index is 241. The van der Waals surface area contributed by atoms with Gasteiger partial charge in [0.15, 0.2) is 0 Å². The third-order valence-corrected chi connectivity index (χ3v) is 3.04. The molecule has 2 N–H and O–H groups in total. The van der Waals surface area contributed by atoms with Gasteiger partial charge in [0, 0.05) is 6.42 Å². The van der Waals surface area contributed by atoms with Gasteiger partial charge >= 0.3 is 5.97 Å². The second kappa shape index (κ2) is 5.57. The van der Waals surface area contributed by atoms with Gasteiger partial charge < -0.3 is 10.4 Å². The summed E-state index contributed by atoms with van der Waals surface area (Å²) in [6, 6.07) is -0.499. The molecule has 1 aliphatic heterocycles. The van der Waals surface area contributed by atoms with Gasteiger partial charge in [-0.15, -0.1) is 0 Å². The third kappa shape index (κ3) is 4.88. The van der Waals surface area contributed by atoms with Crippen LogP contribution in [0.4, 0.5) is 8.78 Å². The van der Waals surface area contributed by atoms with E-state index in [9.17, 15) is 13.6 Å². The number of alkyl halides is 2. The normalized spacial score (nSPS) is 26.7. The van der Waals surface area contributed by atoms with E-state index in [2.05, 4.69) is 5.32 Å². The van der Waals surface area contributed by atoms with Crippen LogP contribution in [0.25, 0.3) is 0 Å². The molecule has 3 nitrogen and oxygen atoms in total. The van der Waals surface area contributed by atoms with Crippen LogP contribution < -0.4 is 5.32 Å². The summed E-state index contributed by atoms with van der Waals surface area (Å²) in [5.41, 5.74) is 0. The molecular formula is C11H19F2NO2. The number of nitrogens with one attached hydrogen (secondary N) is 1. The molecule has 0 spiro atoms.